The molecule has 3 aromatic rings. The summed E-state index contributed by atoms with van der Waals surface area (Å²) in [6.07, 6.45) is 3.41. The van der Waals surface area contributed by atoms with Gasteiger partial charge in [-0.1, -0.05) is 6.07 Å². The summed E-state index contributed by atoms with van der Waals surface area (Å²) in [4.78, 5) is 12.7. The Bertz CT molecular complexity index is 758. The predicted octanol–water partition coefficient (Wildman–Crippen LogP) is 3.62. The van der Waals surface area contributed by atoms with E-state index >= 15 is 0 Å². The van der Waals surface area contributed by atoms with E-state index in [0.717, 1.165) is 10.9 Å². The van der Waals surface area contributed by atoms with Crippen LogP contribution in [0.5, 0.6) is 11.6 Å². The molecule has 2 heterocycles. The van der Waals surface area contributed by atoms with Crippen LogP contribution in [-0.2, 0) is 0 Å². The molecule has 0 amide bonds. The third kappa shape index (κ3) is 2.42. The molecule has 0 aliphatic heterocycles. The maximum absolute atomic E-state index is 5.89. The molecule has 0 atom stereocenters. The first-order valence-corrected chi connectivity index (χ1v) is 6.79. The molecule has 5 nitrogen and oxygen atoms in total. The minimum atomic E-state index is 0.459. The van der Waals surface area contributed by atoms with E-state index in [4.69, 9.17) is 4.74 Å². The lowest BCUT2D eigenvalue weighted by Gasteiger charge is -2.09. The summed E-state index contributed by atoms with van der Waals surface area (Å²) in [7, 11) is 1.76. The zero-order chi connectivity index (χ0) is 13.9. The van der Waals surface area contributed by atoms with Gasteiger partial charge in [0.1, 0.15) is 5.75 Å². The quantitative estimate of drug-likeness (QED) is 0.794. The first kappa shape index (κ1) is 12.8. The van der Waals surface area contributed by atoms with Crippen LogP contribution in [0, 0.1) is 0 Å². The molecule has 0 radical (unpaired) electrons. The van der Waals surface area contributed by atoms with E-state index in [2.05, 4.69) is 36.2 Å². The Morgan fingerprint density at radius 1 is 1.15 bits per heavy atom. The molecule has 2 aromatic heterocycles. The molecule has 0 fully saturated rings. The Morgan fingerprint density at radius 2 is 2.05 bits per heavy atom. The number of fused-ring (bicyclic) bond motifs is 1. The van der Waals surface area contributed by atoms with Crippen molar-refractivity contribution in [3.8, 4) is 11.6 Å². The van der Waals surface area contributed by atoms with Gasteiger partial charge in [0.05, 0.1) is 16.2 Å². The lowest BCUT2D eigenvalue weighted by atomic mass is 10.2. The molecule has 20 heavy (non-hydrogen) atoms. The van der Waals surface area contributed by atoms with E-state index in [-0.39, 0.29) is 0 Å². The molecule has 0 bridgehead atoms. The van der Waals surface area contributed by atoms with E-state index in [1.165, 1.54) is 0 Å². The molecule has 3 rings (SSSR count). The lowest BCUT2D eigenvalue weighted by Crippen LogP contribution is -1.98. The summed E-state index contributed by atoms with van der Waals surface area (Å²) < 4.78 is 6.58. The predicted molar refractivity (Wildman–Crippen MR) is 81.1 cm³/mol. The van der Waals surface area contributed by atoms with Crippen LogP contribution in [0.25, 0.3) is 10.9 Å². The maximum atomic E-state index is 5.89. The minimum absolute atomic E-state index is 0.459. The van der Waals surface area contributed by atoms with E-state index in [1.807, 2.05) is 30.3 Å². The van der Waals surface area contributed by atoms with E-state index in [1.54, 1.807) is 19.4 Å². The maximum Gasteiger partial charge on any atom is 0.238 e. The molecule has 0 aliphatic carbocycles. The average molecular weight is 331 g/mol. The van der Waals surface area contributed by atoms with E-state index in [9.17, 15) is 0 Å². The Kier molecular flexibility index (Phi) is 3.47. The number of hydrogen-bond donors (Lipinski definition) is 1. The van der Waals surface area contributed by atoms with Gasteiger partial charge in [-0.3, -0.25) is 4.98 Å². The molecule has 6 heteroatoms. The zero-order valence-corrected chi connectivity index (χ0v) is 12.3. The largest absolute Gasteiger partial charge is 0.437 e. The normalized spacial score (nSPS) is 10.5. The van der Waals surface area contributed by atoms with Crippen molar-refractivity contribution in [3.05, 3.63) is 47.2 Å². The number of pyridine rings is 1. The number of anilines is 1. The third-order valence-corrected chi connectivity index (χ3v) is 3.29. The lowest BCUT2D eigenvalue weighted by molar-refractivity contribution is 0.464. The van der Waals surface area contributed by atoms with Crippen molar-refractivity contribution < 1.29 is 4.74 Å². The van der Waals surface area contributed by atoms with Gasteiger partial charge in [0, 0.05) is 18.6 Å². The topological polar surface area (TPSA) is 59.9 Å². The molecular formula is C14H11BrN4O. The summed E-state index contributed by atoms with van der Waals surface area (Å²) >= 11 is 3.39. The van der Waals surface area contributed by atoms with Gasteiger partial charge in [-0.05, 0) is 40.2 Å². The van der Waals surface area contributed by atoms with Gasteiger partial charge < -0.3 is 10.1 Å². The van der Waals surface area contributed by atoms with Gasteiger partial charge in [0.15, 0.2) is 0 Å². The van der Waals surface area contributed by atoms with Crippen LogP contribution in [0.15, 0.2) is 47.2 Å². The second-order valence-electron chi connectivity index (χ2n) is 4.02. The highest BCUT2D eigenvalue weighted by atomic mass is 79.9. The first-order chi connectivity index (χ1) is 9.78. The fourth-order valence-electron chi connectivity index (χ4n) is 1.81. The van der Waals surface area contributed by atoms with Crippen LogP contribution >= 0.6 is 15.9 Å². The summed E-state index contributed by atoms with van der Waals surface area (Å²) in [5.41, 5.74) is 0.879. The van der Waals surface area contributed by atoms with Gasteiger partial charge in [-0.2, -0.15) is 4.98 Å². The highest BCUT2D eigenvalue weighted by molar-refractivity contribution is 9.10. The van der Waals surface area contributed by atoms with Crippen LogP contribution in [-0.4, -0.2) is 22.0 Å². The second-order valence-corrected chi connectivity index (χ2v) is 4.88. The minimum Gasteiger partial charge on any atom is -0.437 e. The smallest absolute Gasteiger partial charge is 0.238 e. The number of aromatic nitrogens is 3. The van der Waals surface area contributed by atoms with Gasteiger partial charge in [-0.25, -0.2) is 4.98 Å². The monoisotopic (exact) mass is 330 g/mol. The number of halogens is 1. The SMILES string of the molecule is CNc1ncc(Br)c(Oc2cccc3ncccc23)n1. The highest BCUT2D eigenvalue weighted by Gasteiger charge is 2.09. The fourth-order valence-corrected chi connectivity index (χ4v) is 2.08. The van der Waals surface area contributed by atoms with Gasteiger partial charge in [0.2, 0.25) is 11.8 Å². The van der Waals surface area contributed by atoms with Crippen LogP contribution in [0.3, 0.4) is 0 Å². The number of rotatable bonds is 3. The second kappa shape index (κ2) is 5.42. The van der Waals surface area contributed by atoms with Crippen molar-refractivity contribution in [2.45, 2.75) is 0 Å². The Hall–Kier alpha value is -2.21. The van der Waals surface area contributed by atoms with Gasteiger partial charge in [0.25, 0.3) is 0 Å². The molecular weight excluding hydrogens is 320 g/mol. The molecule has 0 aliphatic rings. The fraction of sp³-hybridized carbons (Fsp3) is 0.0714. The Morgan fingerprint density at radius 3 is 2.90 bits per heavy atom. The van der Waals surface area contributed by atoms with Crippen molar-refractivity contribution in [2.24, 2.45) is 0 Å². The molecule has 1 N–H and O–H groups in total. The number of nitrogens with zero attached hydrogens (tertiary/aromatic N) is 3. The standard InChI is InChI=1S/C14H11BrN4O/c1-16-14-18-8-10(15)13(19-14)20-12-6-2-5-11-9(12)4-3-7-17-11/h2-8H,1H3,(H,16,18,19). The Labute approximate surface area is 124 Å². The van der Waals surface area contributed by atoms with Gasteiger partial charge in [-0.15, -0.1) is 0 Å². The van der Waals surface area contributed by atoms with Crippen molar-refractivity contribution >= 4 is 32.8 Å². The van der Waals surface area contributed by atoms with Crippen LogP contribution in [0.4, 0.5) is 5.95 Å². The highest BCUT2D eigenvalue weighted by Crippen LogP contribution is 2.31. The van der Waals surface area contributed by atoms with Crippen molar-refractivity contribution in [3.63, 3.8) is 0 Å². The molecule has 0 saturated carbocycles. The molecule has 0 spiro atoms. The van der Waals surface area contributed by atoms with E-state index < -0.39 is 0 Å². The number of hydrogen-bond acceptors (Lipinski definition) is 5. The van der Waals surface area contributed by atoms with Crippen LogP contribution in [0.2, 0.25) is 0 Å². The number of ether oxygens (including phenoxy) is 1. The summed E-state index contributed by atoms with van der Waals surface area (Å²) in [5, 5.41) is 3.82. The van der Waals surface area contributed by atoms with Gasteiger partial charge >= 0.3 is 0 Å². The molecule has 0 saturated heterocycles. The Balaban J connectivity index is 2.05. The summed E-state index contributed by atoms with van der Waals surface area (Å²) in [6.45, 7) is 0. The van der Waals surface area contributed by atoms with Crippen LogP contribution in [0.1, 0.15) is 0 Å². The van der Waals surface area contributed by atoms with Crippen LogP contribution < -0.4 is 10.1 Å². The number of benzene rings is 1. The third-order valence-electron chi connectivity index (χ3n) is 2.75. The van der Waals surface area contributed by atoms with E-state index in [0.29, 0.717) is 22.1 Å². The molecule has 100 valence electrons. The molecule has 0 unspecified atom stereocenters. The molecule has 1 aromatic carbocycles. The van der Waals surface area contributed by atoms with Crippen molar-refractivity contribution in [1.29, 1.82) is 0 Å². The van der Waals surface area contributed by atoms with Crippen molar-refractivity contribution in [1.82, 2.24) is 15.0 Å². The van der Waals surface area contributed by atoms with Crippen molar-refractivity contribution in [2.75, 3.05) is 12.4 Å². The summed E-state index contributed by atoms with van der Waals surface area (Å²) in [6, 6.07) is 9.57. The average Bonchev–Trinajstić information content (AvgIpc) is 2.50. The number of nitrogens with one attached hydrogen (secondary N) is 1. The summed E-state index contributed by atoms with van der Waals surface area (Å²) in [5.74, 6) is 1.67. The zero-order valence-electron chi connectivity index (χ0n) is 10.7. The first-order valence-electron chi connectivity index (χ1n) is 6.00.